The minimum atomic E-state index is -0.689. The molecule has 1 heterocycles. The Labute approximate surface area is 145 Å². The standard InChI is InChI=1S/C20H30O4/c1-11(2)15-9-8-13(4)20-16(15)10-12(3)17(22-14(5)21)18(20)23-19(6,7)24-20/h10,13,15-18H,1,8-9H2,2-7H3/t13-,15-,16+,17+,18-,20-/m0/s1. The summed E-state index contributed by atoms with van der Waals surface area (Å²) in [6.07, 6.45) is 3.77. The quantitative estimate of drug-likeness (QED) is 0.565. The van der Waals surface area contributed by atoms with Crippen molar-refractivity contribution >= 4 is 5.97 Å². The van der Waals surface area contributed by atoms with Crippen molar-refractivity contribution in [1.82, 2.24) is 0 Å². The number of hydrogen-bond donors (Lipinski definition) is 0. The third kappa shape index (κ3) is 2.55. The summed E-state index contributed by atoms with van der Waals surface area (Å²) in [4.78, 5) is 11.7. The van der Waals surface area contributed by atoms with Crippen molar-refractivity contribution in [3.8, 4) is 0 Å². The van der Waals surface area contributed by atoms with E-state index in [2.05, 4.69) is 26.5 Å². The van der Waals surface area contributed by atoms with Crippen molar-refractivity contribution in [3.05, 3.63) is 23.8 Å². The Morgan fingerprint density at radius 2 is 2.00 bits per heavy atom. The number of rotatable bonds is 2. The second-order valence-corrected chi connectivity index (χ2v) is 8.29. The fourth-order valence-corrected chi connectivity index (χ4v) is 5.07. The fourth-order valence-electron chi connectivity index (χ4n) is 5.07. The predicted octanol–water partition coefficient (Wildman–Crippen LogP) is 4.01. The van der Waals surface area contributed by atoms with Crippen LogP contribution in [0.4, 0.5) is 0 Å². The molecule has 6 atom stereocenters. The molecule has 0 aromatic heterocycles. The normalized spacial score (nSPS) is 43.4. The zero-order valence-corrected chi connectivity index (χ0v) is 15.7. The molecular formula is C20H30O4. The topological polar surface area (TPSA) is 44.8 Å². The number of allylic oxidation sites excluding steroid dienone is 1. The van der Waals surface area contributed by atoms with Crippen molar-refractivity contribution in [1.29, 1.82) is 0 Å². The van der Waals surface area contributed by atoms with Crippen LogP contribution in [0.2, 0.25) is 0 Å². The zero-order chi connectivity index (χ0) is 17.9. The molecule has 2 aliphatic carbocycles. The van der Waals surface area contributed by atoms with Gasteiger partial charge >= 0.3 is 5.97 Å². The van der Waals surface area contributed by atoms with Crippen LogP contribution in [-0.4, -0.2) is 29.6 Å². The maximum atomic E-state index is 11.7. The van der Waals surface area contributed by atoms with Crippen LogP contribution in [0.5, 0.6) is 0 Å². The first-order valence-corrected chi connectivity index (χ1v) is 8.97. The van der Waals surface area contributed by atoms with E-state index in [9.17, 15) is 4.79 Å². The van der Waals surface area contributed by atoms with Gasteiger partial charge in [0.15, 0.2) is 11.9 Å². The molecule has 0 radical (unpaired) electrons. The highest BCUT2D eigenvalue weighted by Crippen LogP contribution is 2.58. The van der Waals surface area contributed by atoms with Crippen molar-refractivity contribution in [3.63, 3.8) is 0 Å². The van der Waals surface area contributed by atoms with Gasteiger partial charge in [-0.25, -0.2) is 0 Å². The Kier molecular flexibility index (Phi) is 4.20. The molecule has 1 saturated carbocycles. The summed E-state index contributed by atoms with van der Waals surface area (Å²) in [5, 5.41) is 0. The number of carbonyl (C=O) groups is 1. The van der Waals surface area contributed by atoms with Crippen LogP contribution < -0.4 is 0 Å². The van der Waals surface area contributed by atoms with Crippen molar-refractivity contribution in [2.45, 2.75) is 78.0 Å². The van der Waals surface area contributed by atoms with E-state index in [-0.39, 0.29) is 24.1 Å². The first kappa shape index (κ1) is 17.7. The molecule has 0 aromatic rings. The lowest BCUT2D eigenvalue weighted by Gasteiger charge is -2.54. The number of esters is 1. The van der Waals surface area contributed by atoms with E-state index >= 15 is 0 Å². The third-order valence-electron chi connectivity index (χ3n) is 6.01. The average Bonchev–Trinajstić information content (AvgIpc) is 2.73. The predicted molar refractivity (Wildman–Crippen MR) is 92.3 cm³/mol. The second-order valence-electron chi connectivity index (χ2n) is 8.29. The molecule has 4 heteroatoms. The van der Waals surface area contributed by atoms with E-state index in [0.717, 1.165) is 18.4 Å². The summed E-state index contributed by atoms with van der Waals surface area (Å²) in [7, 11) is 0. The highest BCUT2D eigenvalue weighted by atomic mass is 16.8. The van der Waals surface area contributed by atoms with Gasteiger partial charge in [-0.15, -0.1) is 0 Å². The molecule has 0 N–H and O–H groups in total. The highest BCUT2D eigenvalue weighted by Gasteiger charge is 2.66. The van der Waals surface area contributed by atoms with E-state index in [1.165, 1.54) is 12.5 Å². The van der Waals surface area contributed by atoms with E-state index in [1.807, 2.05) is 20.8 Å². The summed E-state index contributed by atoms with van der Waals surface area (Å²) in [6, 6.07) is 0. The van der Waals surface area contributed by atoms with Gasteiger partial charge in [-0.05, 0) is 57.9 Å². The van der Waals surface area contributed by atoms with Gasteiger partial charge in [0.05, 0.1) is 0 Å². The van der Waals surface area contributed by atoms with Gasteiger partial charge in [0.2, 0.25) is 0 Å². The van der Waals surface area contributed by atoms with Crippen LogP contribution in [0.3, 0.4) is 0 Å². The summed E-state index contributed by atoms with van der Waals surface area (Å²) in [6.45, 7) is 15.9. The van der Waals surface area contributed by atoms with Crippen LogP contribution >= 0.6 is 0 Å². The van der Waals surface area contributed by atoms with Gasteiger partial charge in [0, 0.05) is 12.8 Å². The molecule has 134 valence electrons. The van der Waals surface area contributed by atoms with Gasteiger partial charge in [-0.1, -0.05) is 25.2 Å². The summed E-state index contributed by atoms with van der Waals surface area (Å²) >= 11 is 0. The molecule has 3 rings (SSSR count). The molecule has 24 heavy (non-hydrogen) atoms. The highest BCUT2D eigenvalue weighted by molar-refractivity contribution is 5.66. The third-order valence-corrected chi connectivity index (χ3v) is 6.01. The maximum Gasteiger partial charge on any atom is 0.303 e. The molecule has 1 aliphatic heterocycles. The zero-order valence-electron chi connectivity index (χ0n) is 15.7. The Morgan fingerprint density at radius 1 is 1.33 bits per heavy atom. The largest absolute Gasteiger partial charge is 0.455 e. The number of hydrogen-bond acceptors (Lipinski definition) is 4. The Bertz CT molecular complexity index is 590. The molecular weight excluding hydrogens is 304 g/mol. The second kappa shape index (κ2) is 5.70. The Morgan fingerprint density at radius 3 is 2.58 bits per heavy atom. The molecule has 3 aliphatic rings. The van der Waals surface area contributed by atoms with Crippen LogP contribution in [0, 0.1) is 17.8 Å². The molecule has 0 amide bonds. The van der Waals surface area contributed by atoms with E-state index in [4.69, 9.17) is 14.2 Å². The van der Waals surface area contributed by atoms with E-state index < -0.39 is 11.4 Å². The van der Waals surface area contributed by atoms with Gasteiger partial charge in [-0.3, -0.25) is 4.79 Å². The first-order chi connectivity index (χ1) is 11.1. The van der Waals surface area contributed by atoms with E-state index in [0.29, 0.717) is 11.8 Å². The summed E-state index contributed by atoms with van der Waals surface area (Å²) in [5.41, 5.74) is 1.77. The molecule has 4 nitrogen and oxygen atoms in total. The van der Waals surface area contributed by atoms with Crippen molar-refractivity contribution in [2.24, 2.45) is 17.8 Å². The SMILES string of the molecule is C=C(C)[C@@H]1CC[C@H](C)[C@@]23OC(C)(C)O[C@H]2[C@H](OC(C)=O)C(C)=C[C@H]13. The Hall–Kier alpha value is -1.13. The first-order valence-electron chi connectivity index (χ1n) is 8.97. The Balaban J connectivity index is 2.13. The molecule has 0 unspecified atom stereocenters. The lowest BCUT2D eigenvalue weighted by molar-refractivity contribution is -0.193. The molecule has 0 aromatic carbocycles. The summed E-state index contributed by atoms with van der Waals surface area (Å²) < 4.78 is 18.6. The molecule has 1 spiro atoms. The van der Waals surface area contributed by atoms with Crippen molar-refractivity contribution < 1.29 is 19.0 Å². The van der Waals surface area contributed by atoms with Crippen molar-refractivity contribution in [2.75, 3.05) is 0 Å². The monoisotopic (exact) mass is 334 g/mol. The van der Waals surface area contributed by atoms with Crippen LogP contribution in [0.25, 0.3) is 0 Å². The van der Waals surface area contributed by atoms with Gasteiger partial charge in [0.1, 0.15) is 11.7 Å². The average molecular weight is 334 g/mol. The number of ether oxygens (including phenoxy) is 3. The van der Waals surface area contributed by atoms with Crippen LogP contribution in [0.15, 0.2) is 23.8 Å². The van der Waals surface area contributed by atoms with Gasteiger partial charge in [0.25, 0.3) is 0 Å². The van der Waals surface area contributed by atoms with E-state index in [1.54, 1.807) is 0 Å². The molecule has 2 fully saturated rings. The van der Waals surface area contributed by atoms with Gasteiger partial charge < -0.3 is 14.2 Å². The fraction of sp³-hybridized carbons (Fsp3) is 0.750. The van der Waals surface area contributed by atoms with Crippen LogP contribution in [0.1, 0.15) is 54.4 Å². The maximum absolute atomic E-state index is 11.7. The molecule has 1 saturated heterocycles. The minimum absolute atomic E-state index is 0.206. The minimum Gasteiger partial charge on any atom is -0.455 e. The summed E-state index contributed by atoms with van der Waals surface area (Å²) in [5.74, 6) is -0.0704. The number of carbonyl (C=O) groups excluding carboxylic acids is 1. The lowest BCUT2D eigenvalue weighted by Crippen LogP contribution is -2.62. The van der Waals surface area contributed by atoms with Crippen LogP contribution in [-0.2, 0) is 19.0 Å². The lowest BCUT2D eigenvalue weighted by atomic mass is 9.56. The molecule has 0 bridgehead atoms. The smallest absolute Gasteiger partial charge is 0.303 e. The van der Waals surface area contributed by atoms with Gasteiger partial charge in [-0.2, -0.15) is 0 Å².